The number of rotatable bonds is 7. The van der Waals surface area contributed by atoms with Crippen molar-refractivity contribution in [3.05, 3.63) is 23.5 Å². The number of hydrogen-bond acceptors (Lipinski definition) is 10. The number of aliphatic hydroxyl groups excluding tert-OH is 3. The minimum atomic E-state index is -1.04. The number of aliphatic hydroxyl groups is 3. The Morgan fingerprint density at radius 1 is 1.12 bits per heavy atom. The molecule has 5 N–H and O–H groups in total. The second-order valence-corrected chi connectivity index (χ2v) is 8.02. The van der Waals surface area contributed by atoms with Crippen LogP contribution in [0.1, 0.15) is 24.7 Å². The van der Waals surface area contributed by atoms with Crippen LogP contribution in [0.15, 0.2) is 16.5 Å². The highest BCUT2D eigenvalue weighted by Gasteiger charge is 2.41. The molecule has 33 heavy (non-hydrogen) atoms. The van der Waals surface area contributed by atoms with Gasteiger partial charge < -0.3 is 35.1 Å². The quantitative estimate of drug-likeness (QED) is 0.342. The van der Waals surface area contributed by atoms with Gasteiger partial charge in [0.15, 0.2) is 5.58 Å². The summed E-state index contributed by atoms with van der Waals surface area (Å²) in [6.07, 6.45) is -1.65. The van der Waals surface area contributed by atoms with Gasteiger partial charge in [0, 0.05) is 31.0 Å². The lowest BCUT2D eigenvalue weighted by Crippen LogP contribution is -2.35. The van der Waals surface area contributed by atoms with E-state index in [2.05, 4.69) is 25.6 Å². The zero-order chi connectivity index (χ0) is 23.0. The average molecular weight is 480 g/mol. The van der Waals surface area contributed by atoms with Crippen LogP contribution in [0.2, 0.25) is 0 Å². The average Bonchev–Trinajstić information content (AvgIpc) is 3.30. The second-order valence-electron chi connectivity index (χ2n) is 8.02. The number of furan rings is 1. The molecule has 10 nitrogen and oxygen atoms in total. The molecule has 11 heteroatoms. The topological polar surface area (TPSA) is 146 Å². The molecule has 1 saturated carbocycles. The van der Waals surface area contributed by atoms with Gasteiger partial charge in [-0.15, -0.1) is 12.4 Å². The first-order valence-electron chi connectivity index (χ1n) is 10.7. The number of nitrogens with one attached hydrogen (secondary N) is 2. The number of anilines is 2. The molecule has 180 valence electrons. The minimum absolute atomic E-state index is 0. The van der Waals surface area contributed by atoms with E-state index in [9.17, 15) is 15.3 Å². The highest BCUT2D eigenvalue weighted by Crippen LogP contribution is 2.38. The first-order chi connectivity index (χ1) is 15.4. The van der Waals surface area contributed by atoms with Gasteiger partial charge in [0.05, 0.1) is 35.7 Å². The van der Waals surface area contributed by atoms with Crippen LogP contribution in [0.3, 0.4) is 0 Å². The lowest BCUT2D eigenvalue weighted by Gasteiger charge is -2.21. The SMILES string of the molecule is CCOc1cc2cc(-c3c(C)nc(NC)nc3N[C@@H]3C[C@H](CO)[C@@H](O)[C@H]3O)oc2c(C)n1.Cl. The first kappa shape index (κ1) is 25.0. The summed E-state index contributed by atoms with van der Waals surface area (Å²) in [6, 6.07) is 3.23. The molecule has 3 aromatic heterocycles. The van der Waals surface area contributed by atoms with Gasteiger partial charge in [-0.1, -0.05) is 0 Å². The number of nitrogens with zero attached hydrogens (tertiary/aromatic N) is 3. The van der Waals surface area contributed by atoms with Crippen LogP contribution in [0, 0.1) is 19.8 Å². The molecule has 4 atom stereocenters. The summed E-state index contributed by atoms with van der Waals surface area (Å²) in [7, 11) is 1.72. The molecule has 3 heterocycles. The van der Waals surface area contributed by atoms with Gasteiger partial charge in [0.25, 0.3) is 0 Å². The summed E-state index contributed by atoms with van der Waals surface area (Å²) >= 11 is 0. The largest absolute Gasteiger partial charge is 0.478 e. The summed E-state index contributed by atoms with van der Waals surface area (Å²) in [6.45, 7) is 5.92. The van der Waals surface area contributed by atoms with Crippen molar-refractivity contribution in [1.29, 1.82) is 0 Å². The standard InChI is InChI=1S/C22H29N5O5.ClH/c1-5-31-16-8-12-7-15(32-20(12)11(3)24-16)17-10(2)25-22(23-4)27-21(17)26-14-6-13(9-28)18(29)19(14)30;/h7-8,13-14,18-19,28-30H,5-6,9H2,1-4H3,(H2,23,25,26,27);1H/t13-,14-,18-,19+;/m1./s1. The van der Waals surface area contributed by atoms with E-state index in [4.69, 9.17) is 9.15 Å². The predicted octanol–water partition coefficient (Wildman–Crippen LogP) is 2.28. The Bertz CT molecular complexity index is 1120. The lowest BCUT2D eigenvalue weighted by molar-refractivity contribution is 0.00446. The molecule has 0 saturated heterocycles. The number of aryl methyl sites for hydroxylation is 2. The number of ether oxygens (including phenoxy) is 1. The molecule has 0 bridgehead atoms. The van der Waals surface area contributed by atoms with Gasteiger partial charge >= 0.3 is 0 Å². The van der Waals surface area contributed by atoms with Gasteiger partial charge in [0.1, 0.15) is 17.7 Å². The second kappa shape index (κ2) is 10.1. The zero-order valence-electron chi connectivity index (χ0n) is 19.0. The maximum absolute atomic E-state index is 10.5. The van der Waals surface area contributed by atoms with Gasteiger partial charge in [0.2, 0.25) is 11.8 Å². The summed E-state index contributed by atoms with van der Waals surface area (Å²) in [5.41, 5.74) is 2.67. The number of hydrogen-bond donors (Lipinski definition) is 5. The Hall–Kier alpha value is -2.66. The lowest BCUT2D eigenvalue weighted by atomic mass is 10.1. The first-order valence-corrected chi connectivity index (χ1v) is 10.7. The summed E-state index contributed by atoms with van der Waals surface area (Å²) in [5, 5.41) is 37.2. The molecule has 3 aromatic rings. The number of pyridine rings is 1. The number of fused-ring (bicyclic) bond motifs is 1. The van der Waals surface area contributed by atoms with Crippen LogP contribution < -0.4 is 15.4 Å². The van der Waals surface area contributed by atoms with E-state index in [1.54, 1.807) is 7.05 Å². The molecule has 1 fully saturated rings. The predicted molar refractivity (Wildman–Crippen MR) is 127 cm³/mol. The van der Waals surface area contributed by atoms with E-state index in [1.807, 2.05) is 32.9 Å². The van der Waals surface area contributed by atoms with Crippen molar-refractivity contribution in [3.63, 3.8) is 0 Å². The maximum atomic E-state index is 10.5. The Kier molecular flexibility index (Phi) is 7.63. The number of halogens is 1. The van der Waals surface area contributed by atoms with Crippen molar-refractivity contribution in [1.82, 2.24) is 15.0 Å². The van der Waals surface area contributed by atoms with Gasteiger partial charge in [-0.05, 0) is 33.3 Å². The van der Waals surface area contributed by atoms with Crippen molar-refractivity contribution in [2.45, 2.75) is 45.4 Å². The van der Waals surface area contributed by atoms with Crippen molar-refractivity contribution >= 4 is 35.1 Å². The molecular formula is C22H30ClN5O5. The molecule has 1 aliphatic rings. The van der Waals surface area contributed by atoms with Crippen LogP contribution in [0.4, 0.5) is 11.8 Å². The Balaban J connectivity index is 0.00000306. The normalized spacial score (nSPS) is 22.3. The third kappa shape index (κ3) is 4.70. The molecule has 0 amide bonds. The fourth-order valence-electron chi connectivity index (χ4n) is 4.23. The summed E-state index contributed by atoms with van der Waals surface area (Å²) in [4.78, 5) is 13.5. The summed E-state index contributed by atoms with van der Waals surface area (Å²) < 4.78 is 11.7. The minimum Gasteiger partial charge on any atom is -0.478 e. The maximum Gasteiger partial charge on any atom is 0.224 e. The smallest absolute Gasteiger partial charge is 0.224 e. The van der Waals surface area contributed by atoms with E-state index in [-0.39, 0.29) is 19.0 Å². The van der Waals surface area contributed by atoms with Crippen molar-refractivity contribution in [3.8, 4) is 17.2 Å². The van der Waals surface area contributed by atoms with E-state index in [0.717, 1.165) is 5.39 Å². The van der Waals surface area contributed by atoms with Crippen molar-refractivity contribution in [2.75, 3.05) is 30.9 Å². The molecular weight excluding hydrogens is 450 g/mol. The van der Waals surface area contributed by atoms with Crippen LogP contribution in [0.5, 0.6) is 5.88 Å². The van der Waals surface area contributed by atoms with E-state index in [0.29, 0.717) is 59.0 Å². The summed E-state index contributed by atoms with van der Waals surface area (Å²) in [5.74, 6) is 1.54. The fraction of sp³-hybridized carbons (Fsp3) is 0.500. The molecule has 0 spiro atoms. The molecule has 4 rings (SSSR count). The molecule has 0 aromatic carbocycles. The fourth-order valence-corrected chi connectivity index (χ4v) is 4.23. The Morgan fingerprint density at radius 2 is 1.88 bits per heavy atom. The molecule has 0 aliphatic heterocycles. The third-order valence-corrected chi connectivity index (χ3v) is 5.86. The molecule has 0 unspecified atom stereocenters. The van der Waals surface area contributed by atoms with E-state index >= 15 is 0 Å². The van der Waals surface area contributed by atoms with Crippen molar-refractivity contribution in [2.24, 2.45) is 5.92 Å². The highest BCUT2D eigenvalue weighted by atomic mass is 35.5. The Labute approximate surface area is 197 Å². The molecule has 1 aliphatic carbocycles. The highest BCUT2D eigenvalue weighted by molar-refractivity contribution is 5.88. The van der Waals surface area contributed by atoms with Crippen molar-refractivity contribution < 1.29 is 24.5 Å². The number of aromatic nitrogens is 3. The van der Waals surface area contributed by atoms with Crippen LogP contribution in [-0.4, -0.2) is 68.8 Å². The molecule has 0 radical (unpaired) electrons. The van der Waals surface area contributed by atoms with Crippen LogP contribution in [0.25, 0.3) is 22.3 Å². The third-order valence-electron chi connectivity index (χ3n) is 5.86. The zero-order valence-corrected chi connectivity index (χ0v) is 19.8. The van der Waals surface area contributed by atoms with Gasteiger partial charge in [-0.3, -0.25) is 0 Å². The van der Waals surface area contributed by atoms with Gasteiger partial charge in [-0.2, -0.15) is 4.98 Å². The Morgan fingerprint density at radius 3 is 2.52 bits per heavy atom. The van der Waals surface area contributed by atoms with Gasteiger partial charge in [-0.25, -0.2) is 9.97 Å². The monoisotopic (exact) mass is 479 g/mol. The van der Waals surface area contributed by atoms with Crippen LogP contribution >= 0.6 is 12.4 Å². The van der Waals surface area contributed by atoms with E-state index < -0.39 is 24.2 Å². The van der Waals surface area contributed by atoms with Crippen LogP contribution in [-0.2, 0) is 0 Å². The van der Waals surface area contributed by atoms with E-state index in [1.165, 1.54) is 0 Å².